The van der Waals surface area contributed by atoms with E-state index in [4.69, 9.17) is 4.74 Å². The minimum Gasteiger partial charge on any atom is -0.459 e. The summed E-state index contributed by atoms with van der Waals surface area (Å²) < 4.78 is 33.9. The number of aromatic amines is 1. The van der Waals surface area contributed by atoms with E-state index in [0.29, 0.717) is 46.0 Å². The van der Waals surface area contributed by atoms with E-state index in [1.165, 1.54) is 30.6 Å². The van der Waals surface area contributed by atoms with Crippen molar-refractivity contribution >= 4 is 22.6 Å². The molecule has 0 amide bonds. The first kappa shape index (κ1) is 18.2. The molecule has 1 aliphatic rings. The van der Waals surface area contributed by atoms with Gasteiger partial charge in [-0.1, -0.05) is 12.1 Å². The van der Waals surface area contributed by atoms with E-state index in [1.54, 1.807) is 18.5 Å². The van der Waals surface area contributed by atoms with E-state index in [2.05, 4.69) is 25.3 Å². The van der Waals surface area contributed by atoms with Gasteiger partial charge in [-0.3, -0.25) is 0 Å². The summed E-state index contributed by atoms with van der Waals surface area (Å²) in [6, 6.07) is 10.4. The number of hydrogen-bond donors (Lipinski definition) is 2. The summed E-state index contributed by atoms with van der Waals surface area (Å²) in [4.78, 5) is 15.6. The number of fused-ring (bicyclic) bond motifs is 2. The molecule has 2 aromatic heterocycles. The number of nitrogens with zero attached hydrogens (tertiary/aromatic N) is 3. The summed E-state index contributed by atoms with van der Waals surface area (Å²) >= 11 is 0. The Morgan fingerprint density at radius 2 is 1.93 bits per heavy atom. The second-order valence-electron chi connectivity index (χ2n) is 7.07. The number of H-pyrrole nitrogens is 1. The van der Waals surface area contributed by atoms with E-state index in [0.717, 1.165) is 5.57 Å². The van der Waals surface area contributed by atoms with Gasteiger partial charge in [0.15, 0.2) is 11.5 Å². The average Bonchev–Trinajstić information content (AvgIpc) is 3.22. The molecule has 8 heteroatoms. The number of rotatable bonds is 4. The quantitative estimate of drug-likeness (QED) is 0.524. The first-order valence-electron chi connectivity index (χ1n) is 9.44. The van der Waals surface area contributed by atoms with Gasteiger partial charge in [0.05, 0.1) is 12.4 Å². The minimum atomic E-state index is -0.347. The van der Waals surface area contributed by atoms with Crippen LogP contribution in [0, 0.1) is 11.6 Å². The number of benzene rings is 2. The Labute approximate surface area is 170 Å². The number of ether oxygens (including phenoxy) is 1. The van der Waals surface area contributed by atoms with Crippen molar-refractivity contribution in [3.63, 3.8) is 0 Å². The molecule has 6 nitrogen and oxygen atoms in total. The number of aromatic nitrogens is 4. The van der Waals surface area contributed by atoms with Gasteiger partial charge in [-0.15, -0.1) is 0 Å². The van der Waals surface area contributed by atoms with Crippen molar-refractivity contribution in [2.24, 2.45) is 0 Å². The normalized spacial score (nSPS) is 14.4. The molecule has 0 bridgehead atoms. The molecule has 0 saturated carbocycles. The third-order valence-electron chi connectivity index (χ3n) is 5.05. The van der Waals surface area contributed by atoms with Crippen LogP contribution in [0.4, 0.5) is 14.6 Å². The molecule has 5 rings (SSSR count). The smallest absolute Gasteiger partial charge is 0.182 e. The Morgan fingerprint density at radius 3 is 2.80 bits per heavy atom. The molecule has 30 heavy (non-hydrogen) atoms. The summed E-state index contributed by atoms with van der Waals surface area (Å²) in [5.41, 5.74) is 3.40. The number of nitrogens with one attached hydrogen (secondary N) is 2. The maximum Gasteiger partial charge on any atom is 0.182 e. The molecule has 150 valence electrons. The van der Waals surface area contributed by atoms with Gasteiger partial charge in [0, 0.05) is 17.6 Å². The van der Waals surface area contributed by atoms with Gasteiger partial charge in [0.1, 0.15) is 35.0 Å². The number of imidazole rings is 1. The molecule has 2 aromatic carbocycles. The van der Waals surface area contributed by atoms with E-state index >= 15 is 0 Å². The number of hydrogen-bond acceptors (Lipinski definition) is 5. The van der Waals surface area contributed by atoms with Crippen molar-refractivity contribution < 1.29 is 13.5 Å². The highest BCUT2D eigenvalue weighted by atomic mass is 19.1. The van der Waals surface area contributed by atoms with E-state index in [9.17, 15) is 8.78 Å². The fourth-order valence-electron chi connectivity index (χ4n) is 3.66. The van der Waals surface area contributed by atoms with Crippen LogP contribution in [0.1, 0.15) is 18.1 Å². The first-order valence-corrected chi connectivity index (χ1v) is 9.44. The maximum atomic E-state index is 13.9. The van der Waals surface area contributed by atoms with Crippen LogP contribution in [0.15, 0.2) is 60.9 Å². The van der Waals surface area contributed by atoms with Crippen molar-refractivity contribution in [2.45, 2.75) is 19.4 Å². The van der Waals surface area contributed by atoms with Gasteiger partial charge in [0.2, 0.25) is 0 Å². The first-order chi connectivity index (χ1) is 14.6. The number of halogens is 2. The molecule has 0 radical (unpaired) electrons. The second kappa shape index (κ2) is 7.22. The predicted molar refractivity (Wildman–Crippen MR) is 109 cm³/mol. The summed E-state index contributed by atoms with van der Waals surface area (Å²) in [7, 11) is 0. The van der Waals surface area contributed by atoms with Crippen molar-refractivity contribution in [1.82, 2.24) is 19.9 Å². The van der Waals surface area contributed by atoms with Gasteiger partial charge >= 0.3 is 0 Å². The molecule has 0 fully saturated rings. The topological polar surface area (TPSA) is 75.7 Å². The molecule has 0 aliphatic carbocycles. The van der Waals surface area contributed by atoms with Crippen LogP contribution in [0.2, 0.25) is 0 Å². The van der Waals surface area contributed by atoms with Crippen LogP contribution >= 0.6 is 0 Å². The van der Waals surface area contributed by atoms with Crippen LogP contribution in [0.3, 0.4) is 0 Å². The lowest BCUT2D eigenvalue weighted by atomic mass is 9.92. The molecule has 4 aromatic rings. The minimum absolute atomic E-state index is 0.317. The van der Waals surface area contributed by atoms with Gasteiger partial charge in [-0.25, -0.2) is 23.7 Å². The Bertz CT molecular complexity index is 1280. The van der Waals surface area contributed by atoms with Gasteiger partial charge in [0.25, 0.3) is 0 Å². The molecule has 0 saturated heterocycles. The lowest BCUT2D eigenvalue weighted by Crippen LogP contribution is -2.26. The monoisotopic (exact) mass is 405 g/mol. The Morgan fingerprint density at radius 1 is 1.07 bits per heavy atom. The average molecular weight is 405 g/mol. The highest BCUT2D eigenvalue weighted by molar-refractivity contribution is 5.82. The van der Waals surface area contributed by atoms with Crippen LogP contribution in [0.5, 0.6) is 5.75 Å². The Kier molecular flexibility index (Phi) is 4.39. The van der Waals surface area contributed by atoms with Crippen molar-refractivity contribution in [1.29, 1.82) is 0 Å². The van der Waals surface area contributed by atoms with Crippen LogP contribution in [0.25, 0.3) is 16.7 Å². The van der Waals surface area contributed by atoms with E-state index in [1.807, 2.05) is 13.0 Å². The predicted octanol–water partition coefficient (Wildman–Crippen LogP) is 4.48. The molecule has 1 aliphatic heterocycles. The van der Waals surface area contributed by atoms with Gasteiger partial charge < -0.3 is 15.0 Å². The second-order valence-corrected chi connectivity index (χ2v) is 7.07. The molecule has 1 atom stereocenters. The third-order valence-corrected chi connectivity index (χ3v) is 5.05. The van der Waals surface area contributed by atoms with Gasteiger partial charge in [-0.2, -0.15) is 0 Å². The molecule has 3 heterocycles. The summed E-state index contributed by atoms with van der Waals surface area (Å²) in [6.45, 7) is 1.92. The third kappa shape index (κ3) is 3.26. The number of anilines is 1. The fourth-order valence-corrected chi connectivity index (χ4v) is 3.66. The van der Waals surface area contributed by atoms with Crippen molar-refractivity contribution in [3.05, 3.63) is 83.6 Å². The number of allylic oxidation sites excluding steroid dienone is 1. The zero-order valence-corrected chi connectivity index (χ0v) is 16.0. The Balaban J connectivity index is 1.57. The van der Waals surface area contributed by atoms with E-state index in [-0.39, 0.29) is 17.7 Å². The van der Waals surface area contributed by atoms with Crippen LogP contribution in [-0.2, 0) is 6.42 Å². The SMILES string of the molecule is C[C@@H](Nc1ncnc2nc[nH]c12)C1=C(c2cccc(F)c2)Cc2cc(F)ccc2O1. The largest absolute Gasteiger partial charge is 0.459 e. The summed E-state index contributed by atoms with van der Waals surface area (Å²) in [5.74, 6) is 1.08. The lowest BCUT2D eigenvalue weighted by Gasteiger charge is -2.28. The molecule has 0 spiro atoms. The van der Waals surface area contributed by atoms with Crippen LogP contribution in [-0.4, -0.2) is 26.0 Å². The summed E-state index contributed by atoms with van der Waals surface area (Å²) in [6.07, 6.45) is 3.40. The maximum absolute atomic E-state index is 13.9. The Hall–Kier alpha value is -3.81. The van der Waals surface area contributed by atoms with E-state index < -0.39 is 0 Å². The molecular formula is C22H17F2N5O. The van der Waals surface area contributed by atoms with Crippen molar-refractivity contribution in [2.75, 3.05) is 5.32 Å². The highest BCUT2D eigenvalue weighted by Gasteiger charge is 2.26. The standard InChI is InChI=1S/C22H17F2N5O/c1-12(29-22-19-21(26-10-25-19)27-11-28-22)20-17(13-3-2-4-15(23)7-13)9-14-8-16(24)5-6-18(14)30-20/h2-8,10-12H,9H2,1H3,(H2,25,26,27,28,29)/t12-/m1/s1. The van der Waals surface area contributed by atoms with Crippen molar-refractivity contribution in [3.8, 4) is 5.75 Å². The lowest BCUT2D eigenvalue weighted by molar-refractivity contribution is 0.386. The zero-order valence-electron chi connectivity index (χ0n) is 16.0. The molecule has 2 N–H and O–H groups in total. The van der Waals surface area contributed by atoms with Crippen LogP contribution < -0.4 is 10.1 Å². The zero-order chi connectivity index (χ0) is 20.7. The molecule has 0 unspecified atom stereocenters. The molecular weight excluding hydrogens is 388 g/mol. The van der Waals surface area contributed by atoms with Gasteiger partial charge in [-0.05, 0) is 42.8 Å². The fraction of sp³-hybridized carbons (Fsp3) is 0.136. The summed E-state index contributed by atoms with van der Waals surface area (Å²) in [5, 5.41) is 3.32. The highest BCUT2D eigenvalue weighted by Crippen LogP contribution is 2.37.